The summed E-state index contributed by atoms with van der Waals surface area (Å²) in [6.07, 6.45) is 0.503. The summed E-state index contributed by atoms with van der Waals surface area (Å²) in [5.74, 6) is 0.186. The third kappa shape index (κ3) is 4.44. The molecule has 1 aliphatic heterocycles. The number of amides is 1. The predicted molar refractivity (Wildman–Crippen MR) is 102 cm³/mol. The highest BCUT2D eigenvalue weighted by atomic mass is 35.5. The van der Waals surface area contributed by atoms with Gasteiger partial charge in [0.15, 0.2) is 0 Å². The number of nitrogens with one attached hydrogen (secondary N) is 1. The number of benzene rings is 1. The number of hydrogen-bond acceptors (Lipinski definition) is 4. The minimum atomic E-state index is 0.186. The van der Waals surface area contributed by atoms with Crippen molar-refractivity contribution < 1.29 is 9.53 Å². The first-order valence-electron chi connectivity index (χ1n) is 8.93. The Morgan fingerprint density at radius 2 is 1.92 bits per heavy atom. The molecule has 1 aliphatic rings. The van der Waals surface area contributed by atoms with E-state index in [9.17, 15) is 4.79 Å². The summed E-state index contributed by atoms with van der Waals surface area (Å²) >= 11 is 5.96. The molecule has 140 valence electrons. The molecule has 0 aliphatic carbocycles. The van der Waals surface area contributed by atoms with Crippen LogP contribution in [0, 0.1) is 13.8 Å². The molecule has 0 spiro atoms. The average molecular weight is 377 g/mol. The highest BCUT2D eigenvalue weighted by Crippen LogP contribution is 2.19. The van der Waals surface area contributed by atoms with Crippen LogP contribution in [-0.4, -0.2) is 53.4 Å². The minimum absolute atomic E-state index is 0.186. The van der Waals surface area contributed by atoms with Crippen molar-refractivity contribution in [3.05, 3.63) is 46.2 Å². The SMILES string of the molecule is Cc1nn(-c2ccc(Cl)cc2)c(C)c1CNCCC(=O)N1CCOCC1. The van der Waals surface area contributed by atoms with Crippen molar-refractivity contribution in [2.24, 2.45) is 0 Å². The Kier molecular flexibility index (Phi) is 6.29. The number of nitrogens with zero attached hydrogens (tertiary/aromatic N) is 3. The van der Waals surface area contributed by atoms with Crippen LogP contribution in [0.5, 0.6) is 0 Å². The lowest BCUT2D eigenvalue weighted by molar-refractivity contribution is -0.135. The smallest absolute Gasteiger partial charge is 0.224 e. The van der Waals surface area contributed by atoms with Gasteiger partial charge in [-0.2, -0.15) is 5.10 Å². The van der Waals surface area contributed by atoms with Crippen molar-refractivity contribution in [3.63, 3.8) is 0 Å². The highest BCUT2D eigenvalue weighted by Gasteiger charge is 2.16. The molecular weight excluding hydrogens is 352 g/mol. The summed E-state index contributed by atoms with van der Waals surface area (Å²) < 4.78 is 7.21. The molecule has 26 heavy (non-hydrogen) atoms. The van der Waals surface area contributed by atoms with Gasteiger partial charge in [-0.1, -0.05) is 11.6 Å². The predicted octanol–water partition coefficient (Wildman–Crippen LogP) is 2.48. The Labute approximate surface area is 159 Å². The van der Waals surface area contributed by atoms with Crippen molar-refractivity contribution in [2.75, 3.05) is 32.8 Å². The fraction of sp³-hybridized carbons (Fsp3) is 0.474. The zero-order valence-corrected chi connectivity index (χ0v) is 16.1. The van der Waals surface area contributed by atoms with Gasteiger partial charge in [0.1, 0.15) is 0 Å². The number of ether oxygens (including phenoxy) is 1. The summed E-state index contributed by atoms with van der Waals surface area (Å²) in [7, 11) is 0. The van der Waals surface area contributed by atoms with Crippen LogP contribution >= 0.6 is 11.6 Å². The first-order valence-corrected chi connectivity index (χ1v) is 9.31. The molecule has 1 fully saturated rings. The van der Waals surface area contributed by atoms with Gasteiger partial charge in [-0.05, 0) is 38.1 Å². The van der Waals surface area contributed by atoms with Crippen LogP contribution in [-0.2, 0) is 16.1 Å². The van der Waals surface area contributed by atoms with Crippen molar-refractivity contribution in [1.29, 1.82) is 0 Å². The molecule has 2 aromatic rings. The van der Waals surface area contributed by atoms with Gasteiger partial charge in [-0.3, -0.25) is 4.79 Å². The van der Waals surface area contributed by atoms with Crippen molar-refractivity contribution >= 4 is 17.5 Å². The van der Waals surface area contributed by atoms with Gasteiger partial charge in [0.2, 0.25) is 5.91 Å². The van der Waals surface area contributed by atoms with E-state index in [-0.39, 0.29) is 5.91 Å². The zero-order valence-electron chi connectivity index (χ0n) is 15.3. The third-order valence-electron chi connectivity index (χ3n) is 4.69. The fourth-order valence-electron chi connectivity index (χ4n) is 3.14. The van der Waals surface area contributed by atoms with Crippen LogP contribution in [0.3, 0.4) is 0 Å². The summed E-state index contributed by atoms with van der Waals surface area (Å²) in [6, 6.07) is 7.64. The second kappa shape index (κ2) is 8.66. The van der Waals surface area contributed by atoms with E-state index >= 15 is 0 Å². The monoisotopic (exact) mass is 376 g/mol. The van der Waals surface area contributed by atoms with E-state index in [0.717, 1.165) is 17.1 Å². The van der Waals surface area contributed by atoms with Crippen molar-refractivity contribution in [2.45, 2.75) is 26.8 Å². The molecular formula is C19H25ClN4O2. The molecule has 1 aromatic heterocycles. The second-order valence-electron chi connectivity index (χ2n) is 6.46. The highest BCUT2D eigenvalue weighted by molar-refractivity contribution is 6.30. The molecule has 2 heterocycles. The molecule has 0 atom stereocenters. The molecule has 7 heteroatoms. The number of hydrogen-bond donors (Lipinski definition) is 1. The van der Waals surface area contributed by atoms with E-state index in [1.54, 1.807) is 0 Å². The van der Waals surface area contributed by atoms with Crippen LogP contribution in [0.15, 0.2) is 24.3 Å². The fourth-order valence-corrected chi connectivity index (χ4v) is 3.27. The number of morpholine rings is 1. The molecule has 6 nitrogen and oxygen atoms in total. The van der Waals surface area contributed by atoms with Gasteiger partial charge in [-0.25, -0.2) is 4.68 Å². The molecule has 0 radical (unpaired) electrons. The van der Waals surface area contributed by atoms with E-state index in [2.05, 4.69) is 17.3 Å². The number of rotatable bonds is 6. The Bertz CT molecular complexity index is 752. The standard InChI is InChI=1S/C19H25ClN4O2/c1-14-18(13-21-8-7-19(25)23-9-11-26-12-10-23)15(2)24(22-14)17-5-3-16(20)4-6-17/h3-6,21H,7-13H2,1-2H3. The number of aromatic nitrogens is 2. The Morgan fingerprint density at radius 1 is 1.23 bits per heavy atom. The van der Waals surface area contributed by atoms with Gasteiger partial charge in [-0.15, -0.1) is 0 Å². The van der Waals surface area contributed by atoms with Crippen LogP contribution in [0.2, 0.25) is 5.02 Å². The number of aryl methyl sites for hydroxylation is 1. The Balaban J connectivity index is 1.55. The number of carbonyl (C=O) groups is 1. The van der Waals surface area contributed by atoms with Crippen LogP contribution in [0.25, 0.3) is 5.69 Å². The maximum Gasteiger partial charge on any atom is 0.224 e. The topological polar surface area (TPSA) is 59.4 Å². The van der Waals surface area contributed by atoms with Gasteiger partial charge in [0.05, 0.1) is 24.6 Å². The van der Waals surface area contributed by atoms with Gasteiger partial charge in [0.25, 0.3) is 0 Å². The molecule has 1 N–H and O–H groups in total. The van der Waals surface area contributed by atoms with E-state index in [1.165, 1.54) is 5.56 Å². The summed E-state index contributed by atoms with van der Waals surface area (Å²) in [5.41, 5.74) is 4.24. The lowest BCUT2D eigenvalue weighted by Gasteiger charge is -2.26. The lowest BCUT2D eigenvalue weighted by Crippen LogP contribution is -2.41. The van der Waals surface area contributed by atoms with E-state index < -0.39 is 0 Å². The summed E-state index contributed by atoms with van der Waals surface area (Å²) in [6.45, 7) is 8.10. The quantitative estimate of drug-likeness (QED) is 0.787. The molecule has 1 aromatic carbocycles. The molecule has 0 bridgehead atoms. The van der Waals surface area contributed by atoms with Crippen molar-refractivity contribution in [1.82, 2.24) is 20.0 Å². The second-order valence-corrected chi connectivity index (χ2v) is 6.89. The largest absolute Gasteiger partial charge is 0.378 e. The van der Waals surface area contributed by atoms with Gasteiger partial charge in [0, 0.05) is 48.9 Å². The van der Waals surface area contributed by atoms with E-state index in [1.807, 2.05) is 40.8 Å². The zero-order chi connectivity index (χ0) is 18.5. The summed E-state index contributed by atoms with van der Waals surface area (Å²) in [4.78, 5) is 14.0. The molecule has 3 rings (SSSR count). The molecule has 1 amide bonds. The average Bonchev–Trinajstić information content (AvgIpc) is 2.94. The molecule has 0 unspecified atom stereocenters. The minimum Gasteiger partial charge on any atom is -0.378 e. The molecule has 0 saturated carbocycles. The van der Waals surface area contributed by atoms with Crippen LogP contribution < -0.4 is 5.32 Å². The van der Waals surface area contributed by atoms with Crippen LogP contribution in [0.1, 0.15) is 23.4 Å². The Hall–Kier alpha value is -1.89. The number of halogens is 1. The van der Waals surface area contributed by atoms with E-state index in [0.29, 0.717) is 50.8 Å². The van der Waals surface area contributed by atoms with E-state index in [4.69, 9.17) is 16.3 Å². The van der Waals surface area contributed by atoms with Crippen LogP contribution in [0.4, 0.5) is 0 Å². The normalized spacial score (nSPS) is 14.7. The summed E-state index contributed by atoms with van der Waals surface area (Å²) in [5, 5.41) is 8.73. The van der Waals surface area contributed by atoms with Gasteiger partial charge >= 0.3 is 0 Å². The maximum absolute atomic E-state index is 12.2. The Morgan fingerprint density at radius 3 is 2.62 bits per heavy atom. The third-order valence-corrected chi connectivity index (χ3v) is 4.95. The first-order chi connectivity index (χ1) is 12.6. The lowest BCUT2D eigenvalue weighted by atomic mass is 10.2. The van der Waals surface area contributed by atoms with Gasteiger partial charge < -0.3 is 15.0 Å². The van der Waals surface area contributed by atoms with Crippen molar-refractivity contribution in [3.8, 4) is 5.69 Å². The molecule has 1 saturated heterocycles. The first kappa shape index (κ1) is 18.9. The number of carbonyl (C=O) groups excluding carboxylic acids is 1. The maximum atomic E-state index is 12.2.